The van der Waals surface area contributed by atoms with E-state index in [1.54, 1.807) is 29.2 Å². The van der Waals surface area contributed by atoms with Crippen molar-refractivity contribution in [2.24, 2.45) is 0 Å². The molecule has 0 amide bonds. The third-order valence-corrected chi connectivity index (χ3v) is 3.59. The summed E-state index contributed by atoms with van der Waals surface area (Å²) in [6, 6.07) is 10.1. The molecule has 0 bridgehead atoms. The topological polar surface area (TPSA) is 55.6 Å². The van der Waals surface area contributed by atoms with Crippen LogP contribution in [0.15, 0.2) is 61.2 Å². The lowest BCUT2D eigenvalue weighted by Crippen LogP contribution is -2.20. The molecule has 1 atom stereocenters. The Balaban J connectivity index is 1.81. The number of fused-ring (bicyclic) bond motifs is 1. The van der Waals surface area contributed by atoms with Crippen molar-refractivity contribution in [3.05, 3.63) is 78.1 Å². The minimum atomic E-state index is -0.257. The third-order valence-electron chi connectivity index (χ3n) is 3.59. The number of rotatable bonds is 2. The summed E-state index contributed by atoms with van der Waals surface area (Å²) in [7, 11) is 0. The number of nitrogens with one attached hydrogen (secondary N) is 1. The summed E-state index contributed by atoms with van der Waals surface area (Å²) in [5.41, 5.74) is 2.81. The van der Waals surface area contributed by atoms with Crippen LogP contribution in [-0.2, 0) is 0 Å². The highest BCUT2D eigenvalue weighted by atomic mass is 19.1. The van der Waals surface area contributed by atoms with Crippen molar-refractivity contribution in [3.63, 3.8) is 0 Å². The van der Waals surface area contributed by atoms with Crippen LogP contribution in [0.3, 0.4) is 0 Å². The molecule has 6 heteroatoms. The Bertz CT molecular complexity index is 823. The fourth-order valence-electron chi connectivity index (χ4n) is 2.52. The molecule has 4 rings (SSSR count). The van der Waals surface area contributed by atoms with Gasteiger partial charge in [0.1, 0.15) is 18.2 Å². The Morgan fingerprint density at radius 2 is 2.00 bits per heavy atom. The number of nitrogens with zero attached hydrogens (tertiary/aromatic N) is 4. The second-order valence-electron chi connectivity index (χ2n) is 4.97. The van der Waals surface area contributed by atoms with Crippen molar-refractivity contribution in [2.75, 3.05) is 5.32 Å². The van der Waals surface area contributed by atoms with E-state index in [9.17, 15) is 4.39 Å². The number of pyridine rings is 1. The third kappa shape index (κ3) is 2.14. The highest BCUT2D eigenvalue weighted by molar-refractivity contribution is 5.76. The van der Waals surface area contributed by atoms with Gasteiger partial charge in [0.15, 0.2) is 0 Å². The molecule has 3 heterocycles. The predicted molar refractivity (Wildman–Crippen MR) is 80.4 cm³/mol. The normalized spacial score (nSPS) is 16.6. The summed E-state index contributed by atoms with van der Waals surface area (Å²) in [5, 5.41) is 7.49. The molecule has 0 fully saturated rings. The maximum atomic E-state index is 13.2. The largest absolute Gasteiger partial charge is 0.324 e. The smallest absolute Gasteiger partial charge is 0.226 e. The lowest BCUT2D eigenvalue weighted by molar-refractivity contribution is 0.603. The molecule has 108 valence electrons. The SMILES string of the molecule is Fc1ccc([C@@H]2C=C(c3cccnc3)Nc3ncnn32)cc1. The molecular weight excluding hydrogens is 281 g/mol. The van der Waals surface area contributed by atoms with E-state index in [2.05, 4.69) is 20.4 Å². The number of anilines is 1. The van der Waals surface area contributed by atoms with Crippen LogP contribution in [0.4, 0.5) is 10.3 Å². The summed E-state index contributed by atoms with van der Waals surface area (Å²) in [4.78, 5) is 8.37. The number of benzene rings is 1. The Hall–Kier alpha value is -3.02. The minimum absolute atomic E-state index is 0.144. The number of aromatic nitrogens is 4. The molecule has 0 saturated heterocycles. The van der Waals surface area contributed by atoms with Gasteiger partial charge in [-0.15, -0.1) is 0 Å². The van der Waals surface area contributed by atoms with Gasteiger partial charge in [-0.25, -0.2) is 9.07 Å². The van der Waals surface area contributed by atoms with Gasteiger partial charge in [0.05, 0.1) is 0 Å². The fourth-order valence-corrected chi connectivity index (χ4v) is 2.52. The number of allylic oxidation sites excluding steroid dienone is 1. The van der Waals surface area contributed by atoms with E-state index < -0.39 is 0 Å². The van der Waals surface area contributed by atoms with E-state index in [1.165, 1.54) is 18.5 Å². The first-order chi connectivity index (χ1) is 10.8. The van der Waals surface area contributed by atoms with Crippen molar-refractivity contribution in [1.29, 1.82) is 0 Å². The molecule has 0 radical (unpaired) electrons. The average Bonchev–Trinajstić information content (AvgIpc) is 3.04. The van der Waals surface area contributed by atoms with Crippen molar-refractivity contribution in [2.45, 2.75) is 6.04 Å². The zero-order valence-electron chi connectivity index (χ0n) is 11.5. The Labute approximate surface area is 126 Å². The molecule has 1 aliphatic rings. The van der Waals surface area contributed by atoms with E-state index in [1.807, 2.05) is 18.2 Å². The van der Waals surface area contributed by atoms with E-state index in [0.717, 1.165) is 16.8 Å². The molecule has 1 N–H and O–H groups in total. The molecule has 0 spiro atoms. The lowest BCUT2D eigenvalue weighted by atomic mass is 10.0. The van der Waals surface area contributed by atoms with Gasteiger partial charge >= 0.3 is 0 Å². The van der Waals surface area contributed by atoms with Crippen LogP contribution in [0.1, 0.15) is 17.2 Å². The van der Waals surface area contributed by atoms with Crippen LogP contribution < -0.4 is 5.32 Å². The molecule has 1 aromatic carbocycles. The molecule has 5 nitrogen and oxygen atoms in total. The second kappa shape index (κ2) is 5.07. The summed E-state index contributed by atoms with van der Waals surface area (Å²) in [6.07, 6.45) is 7.05. The maximum absolute atomic E-state index is 13.2. The highest BCUT2D eigenvalue weighted by Crippen LogP contribution is 2.31. The predicted octanol–water partition coefficient (Wildman–Crippen LogP) is 2.87. The van der Waals surface area contributed by atoms with Gasteiger partial charge in [-0.3, -0.25) is 4.98 Å². The monoisotopic (exact) mass is 293 g/mol. The van der Waals surface area contributed by atoms with Crippen LogP contribution in [0.5, 0.6) is 0 Å². The molecule has 0 unspecified atom stereocenters. The first kappa shape index (κ1) is 12.7. The molecule has 0 saturated carbocycles. The van der Waals surface area contributed by atoms with Gasteiger partial charge in [0, 0.05) is 23.7 Å². The number of halogens is 1. The van der Waals surface area contributed by atoms with Crippen LogP contribution in [-0.4, -0.2) is 19.7 Å². The fraction of sp³-hybridized carbons (Fsp3) is 0.0625. The van der Waals surface area contributed by atoms with Crippen molar-refractivity contribution < 1.29 is 4.39 Å². The van der Waals surface area contributed by atoms with Gasteiger partial charge in [0.2, 0.25) is 5.95 Å². The van der Waals surface area contributed by atoms with Crippen molar-refractivity contribution in [1.82, 2.24) is 19.7 Å². The van der Waals surface area contributed by atoms with E-state index in [4.69, 9.17) is 0 Å². The van der Waals surface area contributed by atoms with Gasteiger partial charge in [0.25, 0.3) is 0 Å². The minimum Gasteiger partial charge on any atom is -0.324 e. The molecule has 1 aliphatic heterocycles. The molecule has 2 aromatic heterocycles. The van der Waals surface area contributed by atoms with Crippen LogP contribution >= 0.6 is 0 Å². The van der Waals surface area contributed by atoms with E-state index >= 15 is 0 Å². The number of hydrogen-bond donors (Lipinski definition) is 1. The molecule has 3 aromatic rings. The Morgan fingerprint density at radius 3 is 2.77 bits per heavy atom. The van der Waals surface area contributed by atoms with E-state index in [-0.39, 0.29) is 11.9 Å². The van der Waals surface area contributed by atoms with Crippen molar-refractivity contribution >= 4 is 11.6 Å². The standard InChI is InChI=1S/C16H12FN5/c17-13-5-3-11(4-6-13)15-8-14(12-2-1-7-18-9-12)21-16-19-10-20-22(15)16/h1-10,15H,(H,19,20,21)/t15-/m0/s1. The first-order valence-corrected chi connectivity index (χ1v) is 6.85. The number of hydrogen-bond acceptors (Lipinski definition) is 4. The maximum Gasteiger partial charge on any atom is 0.226 e. The summed E-state index contributed by atoms with van der Waals surface area (Å²) in [6.45, 7) is 0. The summed E-state index contributed by atoms with van der Waals surface area (Å²) < 4.78 is 14.9. The average molecular weight is 293 g/mol. The Kier molecular flexibility index (Phi) is 2.93. The second-order valence-corrected chi connectivity index (χ2v) is 4.97. The zero-order valence-corrected chi connectivity index (χ0v) is 11.5. The molecule has 22 heavy (non-hydrogen) atoms. The van der Waals surface area contributed by atoms with Crippen LogP contribution in [0.25, 0.3) is 5.70 Å². The lowest BCUT2D eigenvalue weighted by Gasteiger charge is -2.24. The zero-order chi connectivity index (χ0) is 14.9. The van der Waals surface area contributed by atoms with Crippen molar-refractivity contribution in [3.8, 4) is 0 Å². The van der Waals surface area contributed by atoms with Crippen LogP contribution in [0, 0.1) is 5.82 Å². The molecule has 0 aliphatic carbocycles. The van der Waals surface area contributed by atoms with Gasteiger partial charge in [-0.1, -0.05) is 12.1 Å². The Morgan fingerprint density at radius 1 is 1.14 bits per heavy atom. The van der Waals surface area contributed by atoms with Gasteiger partial charge < -0.3 is 5.32 Å². The van der Waals surface area contributed by atoms with Gasteiger partial charge in [-0.2, -0.15) is 10.1 Å². The summed E-state index contributed by atoms with van der Waals surface area (Å²) >= 11 is 0. The molecular formula is C16H12FN5. The highest BCUT2D eigenvalue weighted by Gasteiger charge is 2.23. The first-order valence-electron chi connectivity index (χ1n) is 6.85. The van der Waals surface area contributed by atoms with E-state index in [0.29, 0.717) is 5.95 Å². The van der Waals surface area contributed by atoms with Crippen LogP contribution in [0.2, 0.25) is 0 Å². The quantitative estimate of drug-likeness (QED) is 0.789. The van der Waals surface area contributed by atoms with Gasteiger partial charge in [-0.05, 0) is 35.9 Å². The summed E-state index contributed by atoms with van der Waals surface area (Å²) in [5.74, 6) is 0.392.